The van der Waals surface area contributed by atoms with Crippen molar-refractivity contribution in [3.8, 4) is 0 Å². The van der Waals surface area contributed by atoms with Crippen molar-refractivity contribution in [2.45, 2.75) is 59.5 Å². The molecule has 17 heavy (non-hydrogen) atoms. The molecule has 2 unspecified atom stereocenters. The highest BCUT2D eigenvalue weighted by molar-refractivity contribution is 5.37. The van der Waals surface area contributed by atoms with Crippen LogP contribution in [0.25, 0.3) is 0 Å². The van der Waals surface area contributed by atoms with E-state index in [9.17, 15) is 0 Å². The van der Waals surface area contributed by atoms with Crippen molar-refractivity contribution in [2.24, 2.45) is 5.41 Å². The average Bonchev–Trinajstić information content (AvgIpc) is 2.60. The molecule has 1 N–H and O–H groups in total. The Bertz CT molecular complexity index is 400. The summed E-state index contributed by atoms with van der Waals surface area (Å²) in [5, 5.41) is 3.80. The van der Waals surface area contributed by atoms with E-state index >= 15 is 0 Å². The first-order valence-corrected chi connectivity index (χ1v) is 6.73. The number of aryl methyl sites for hydroxylation is 2. The van der Waals surface area contributed by atoms with Crippen molar-refractivity contribution in [3.05, 3.63) is 34.9 Å². The maximum absolute atomic E-state index is 3.80. The Balaban J connectivity index is 2.14. The van der Waals surface area contributed by atoms with Gasteiger partial charge in [-0.3, -0.25) is 0 Å². The minimum Gasteiger partial charge on any atom is -0.307 e. The second-order valence-corrected chi connectivity index (χ2v) is 6.55. The quantitative estimate of drug-likeness (QED) is 0.811. The summed E-state index contributed by atoms with van der Waals surface area (Å²) in [6.07, 6.45) is 2.48. The van der Waals surface area contributed by atoms with Crippen molar-refractivity contribution in [3.63, 3.8) is 0 Å². The largest absolute Gasteiger partial charge is 0.307 e. The van der Waals surface area contributed by atoms with Crippen molar-refractivity contribution in [2.75, 3.05) is 0 Å². The summed E-state index contributed by atoms with van der Waals surface area (Å²) in [5.41, 5.74) is 4.77. The Morgan fingerprint density at radius 1 is 1.29 bits per heavy atom. The predicted molar refractivity (Wildman–Crippen MR) is 74.3 cm³/mol. The predicted octanol–water partition coefficient (Wildman–Crippen LogP) is 4.01. The molecular formula is C16H25N. The zero-order valence-electron chi connectivity index (χ0n) is 11.8. The Morgan fingerprint density at radius 3 is 2.65 bits per heavy atom. The van der Waals surface area contributed by atoms with Gasteiger partial charge in [-0.25, -0.2) is 0 Å². The second-order valence-electron chi connectivity index (χ2n) is 6.55. The van der Waals surface area contributed by atoms with Gasteiger partial charge in [-0.05, 0) is 43.2 Å². The summed E-state index contributed by atoms with van der Waals surface area (Å²) in [4.78, 5) is 0. The van der Waals surface area contributed by atoms with Gasteiger partial charge < -0.3 is 5.32 Å². The van der Waals surface area contributed by atoms with Gasteiger partial charge in [0.05, 0.1) is 0 Å². The Kier molecular flexibility index (Phi) is 3.31. The van der Waals surface area contributed by atoms with Crippen molar-refractivity contribution in [1.29, 1.82) is 0 Å². The molecule has 0 spiro atoms. The number of rotatable bonds is 2. The maximum atomic E-state index is 3.80. The van der Waals surface area contributed by atoms with Crippen molar-refractivity contribution >= 4 is 0 Å². The zero-order valence-corrected chi connectivity index (χ0v) is 11.8. The standard InChI is InChI=1S/C16H25N/c1-11-6-7-13-8-9-15(14(13)10-11)17-12(2)16(3,4)5/h6-7,10,12,15,17H,8-9H2,1-5H3. The lowest BCUT2D eigenvalue weighted by Gasteiger charge is -2.31. The monoisotopic (exact) mass is 231 g/mol. The molecule has 0 amide bonds. The molecule has 2 atom stereocenters. The molecule has 2 rings (SSSR count). The molecule has 0 saturated carbocycles. The third-order valence-corrected chi connectivity index (χ3v) is 4.13. The molecule has 0 radical (unpaired) electrons. The molecule has 1 aliphatic rings. The van der Waals surface area contributed by atoms with E-state index in [1.54, 1.807) is 0 Å². The van der Waals surface area contributed by atoms with Gasteiger partial charge in [-0.15, -0.1) is 0 Å². The van der Waals surface area contributed by atoms with Gasteiger partial charge in [0.1, 0.15) is 0 Å². The Labute approximate surface area is 106 Å². The lowest BCUT2D eigenvalue weighted by molar-refractivity contribution is 0.262. The van der Waals surface area contributed by atoms with E-state index in [2.05, 4.69) is 58.1 Å². The van der Waals surface area contributed by atoms with Crippen LogP contribution in [0.15, 0.2) is 18.2 Å². The molecule has 1 heteroatoms. The van der Waals surface area contributed by atoms with Crippen LogP contribution in [0.1, 0.15) is 56.8 Å². The average molecular weight is 231 g/mol. The molecule has 0 aliphatic heterocycles. The Morgan fingerprint density at radius 2 is 2.00 bits per heavy atom. The fraction of sp³-hybridized carbons (Fsp3) is 0.625. The van der Waals surface area contributed by atoms with Crippen LogP contribution >= 0.6 is 0 Å². The zero-order chi connectivity index (χ0) is 12.6. The second kappa shape index (κ2) is 4.45. The van der Waals surface area contributed by atoms with Crippen LogP contribution in [0.3, 0.4) is 0 Å². The third-order valence-electron chi connectivity index (χ3n) is 4.13. The molecule has 0 heterocycles. The van der Waals surface area contributed by atoms with E-state index < -0.39 is 0 Å². The summed E-state index contributed by atoms with van der Waals surface area (Å²) >= 11 is 0. The van der Waals surface area contributed by atoms with Crippen molar-refractivity contribution in [1.82, 2.24) is 5.32 Å². The molecule has 94 valence electrons. The lowest BCUT2D eigenvalue weighted by Crippen LogP contribution is -2.39. The van der Waals surface area contributed by atoms with Gasteiger partial charge in [0.2, 0.25) is 0 Å². The van der Waals surface area contributed by atoms with Crippen LogP contribution in [-0.2, 0) is 6.42 Å². The van der Waals surface area contributed by atoms with E-state index in [-0.39, 0.29) is 0 Å². The van der Waals surface area contributed by atoms with Gasteiger partial charge in [-0.2, -0.15) is 0 Å². The van der Waals surface area contributed by atoms with Gasteiger partial charge in [-0.1, -0.05) is 44.5 Å². The highest BCUT2D eigenvalue weighted by atomic mass is 15.0. The van der Waals surface area contributed by atoms with Crippen LogP contribution in [0.4, 0.5) is 0 Å². The maximum Gasteiger partial charge on any atom is 0.0328 e. The molecule has 0 bridgehead atoms. The molecule has 1 aromatic rings. The van der Waals surface area contributed by atoms with E-state index in [0.717, 1.165) is 0 Å². The van der Waals surface area contributed by atoms with E-state index in [1.165, 1.54) is 29.5 Å². The normalized spacial score (nSPS) is 21.4. The lowest BCUT2D eigenvalue weighted by atomic mass is 9.87. The van der Waals surface area contributed by atoms with Crippen molar-refractivity contribution < 1.29 is 0 Å². The summed E-state index contributed by atoms with van der Waals surface area (Å²) in [7, 11) is 0. The summed E-state index contributed by atoms with van der Waals surface area (Å²) in [6, 6.07) is 7.98. The number of hydrogen-bond donors (Lipinski definition) is 1. The van der Waals surface area contributed by atoms with Gasteiger partial charge in [0.25, 0.3) is 0 Å². The molecule has 0 saturated heterocycles. The summed E-state index contributed by atoms with van der Waals surface area (Å²) in [6.45, 7) is 11.4. The van der Waals surface area contributed by atoms with Gasteiger partial charge in [0, 0.05) is 12.1 Å². The van der Waals surface area contributed by atoms with E-state index in [1.807, 2.05) is 0 Å². The molecule has 0 fully saturated rings. The number of nitrogens with one attached hydrogen (secondary N) is 1. The topological polar surface area (TPSA) is 12.0 Å². The smallest absolute Gasteiger partial charge is 0.0328 e. The number of hydrogen-bond acceptors (Lipinski definition) is 1. The highest BCUT2D eigenvalue weighted by Crippen LogP contribution is 2.33. The first-order valence-electron chi connectivity index (χ1n) is 6.73. The molecule has 1 aromatic carbocycles. The fourth-order valence-corrected chi connectivity index (χ4v) is 2.45. The molecule has 1 aliphatic carbocycles. The van der Waals surface area contributed by atoms with E-state index in [4.69, 9.17) is 0 Å². The minimum atomic E-state index is 0.326. The highest BCUT2D eigenvalue weighted by Gasteiger charge is 2.27. The van der Waals surface area contributed by atoms with Crippen LogP contribution in [0.2, 0.25) is 0 Å². The Hall–Kier alpha value is -0.820. The van der Waals surface area contributed by atoms with Crippen LogP contribution in [0.5, 0.6) is 0 Å². The first-order chi connectivity index (χ1) is 7.88. The summed E-state index contributed by atoms with van der Waals surface area (Å²) < 4.78 is 0. The summed E-state index contributed by atoms with van der Waals surface area (Å²) in [5.74, 6) is 0. The minimum absolute atomic E-state index is 0.326. The third kappa shape index (κ3) is 2.71. The molecule has 0 aromatic heterocycles. The first kappa shape index (κ1) is 12.6. The SMILES string of the molecule is Cc1ccc2c(c1)C(NC(C)C(C)(C)C)CC2. The number of benzene rings is 1. The van der Waals surface area contributed by atoms with Crippen LogP contribution < -0.4 is 5.32 Å². The number of fused-ring (bicyclic) bond motifs is 1. The molecule has 1 nitrogen and oxygen atoms in total. The fourth-order valence-electron chi connectivity index (χ4n) is 2.45. The molecular weight excluding hydrogens is 206 g/mol. The van der Waals surface area contributed by atoms with Crippen LogP contribution in [0, 0.1) is 12.3 Å². The van der Waals surface area contributed by atoms with Gasteiger partial charge >= 0.3 is 0 Å². The van der Waals surface area contributed by atoms with E-state index in [0.29, 0.717) is 17.5 Å². The van der Waals surface area contributed by atoms with Crippen LogP contribution in [-0.4, -0.2) is 6.04 Å². The van der Waals surface area contributed by atoms with Gasteiger partial charge in [0.15, 0.2) is 0 Å².